The van der Waals surface area contributed by atoms with E-state index in [1.807, 2.05) is 30.7 Å². The minimum atomic E-state index is -0.796. The molecule has 20 heavy (non-hydrogen) atoms. The molecule has 0 spiro atoms. The fraction of sp³-hybridized carbons (Fsp3) is 0.333. The number of halogens is 1. The van der Waals surface area contributed by atoms with Gasteiger partial charge in [-0.15, -0.1) is 0 Å². The second kappa shape index (κ2) is 5.79. The van der Waals surface area contributed by atoms with Crippen LogP contribution in [0.4, 0.5) is 0 Å². The normalized spacial score (nSPS) is 10.8. The number of carbonyl (C=O) groups is 1. The van der Waals surface area contributed by atoms with Gasteiger partial charge in [-0.2, -0.15) is 5.10 Å². The van der Waals surface area contributed by atoms with Gasteiger partial charge in [0.05, 0.1) is 11.4 Å². The van der Waals surface area contributed by atoms with E-state index >= 15 is 0 Å². The third-order valence-corrected chi connectivity index (χ3v) is 4.11. The SMILES string of the molecule is Cc1ccc(-n2nc(C)c(CCC(=O)O)c2Br)c(C)c1. The van der Waals surface area contributed by atoms with Crippen molar-refractivity contribution < 1.29 is 9.90 Å². The average Bonchev–Trinajstić information content (AvgIpc) is 2.62. The molecule has 0 atom stereocenters. The van der Waals surface area contributed by atoms with Crippen molar-refractivity contribution in [2.24, 2.45) is 0 Å². The molecule has 0 radical (unpaired) electrons. The van der Waals surface area contributed by atoms with Crippen molar-refractivity contribution in [1.82, 2.24) is 9.78 Å². The standard InChI is InChI=1S/C15H17BrN2O2/c1-9-4-6-13(10(2)8-9)18-15(16)12(11(3)17-18)5-7-14(19)20/h4,6,8H,5,7H2,1-3H3,(H,19,20). The molecular weight excluding hydrogens is 320 g/mol. The number of carboxylic acids is 1. The predicted molar refractivity (Wildman–Crippen MR) is 81.4 cm³/mol. The molecule has 0 aliphatic carbocycles. The molecule has 0 saturated heterocycles. The maximum absolute atomic E-state index is 10.7. The zero-order chi connectivity index (χ0) is 14.9. The maximum atomic E-state index is 10.7. The molecule has 0 amide bonds. The number of rotatable bonds is 4. The smallest absolute Gasteiger partial charge is 0.303 e. The second-order valence-corrected chi connectivity index (χ2v) is 5.70. The Morgan fingerprint density at radius 1 is 1.35 bits per heavy atom. The van der Waals surface area contributed by atoms with Crippen molar-refractivity contribution in [1.29, 1.82) is 0 Å². The third-order valence-electron chi connectivity index (χ3n) is 3.29. The molecule has 0 aliphatic heterocycles. The quantitative estimate of drug-likeness (QED) is 0.928. The number of hydrogen-bond donors (Lipinski definition) is 1. The highest BCUT2D eigenvalue weighted by atomic mass is 79.9. The first-order chi connectivity index (χ1) is 9.40. The molecule has 5 heteroatoms. The predicted octanol–water partition coefficient (Wildman–Crippen LogP) is 3.58. The summed E-state index contributed by atoms with van der Waals surface area (Å²) in [5.41, 5.74) is 5.16. The van der Waals surface area contributed by atoms with Crippen LogP contribution in [0.1, 0.15) is 28.8 Å². The Labute approximate surface area is 126 Å². The Morgan fingerprint density at radius 3 is 2.65 bits per heavy atom. The van der Waals surface area contributed by atoms with Gasteiger partial charge in [0.25, 0.3) is 0 Å². The molecule has 0 aliphatic rings. The highest BCUT2D eigenvalue weighted by Gasteiger charge is 2.16. The van der Waals surface area contributed by atoms with Crippen LogP contribution in [0.15, 0.2) is 22.8 Å². The van der Waals surface area contributed by atoms with E-state index in [2.05, 4.69) is 34.0 Å². The summed E-state index contributed by atoms with van der Waals surface area (Å²) in [5.74, 6) is -0.796. The highest BCUT2D eigenvalue weighted by molar-refractivity contribution is 9.10. The largest absolute Gasteiger partial charge is 0.481 e. The Kier molecular flexibility index (Phi) is 4.28. The summed E-state index contributed by atoms with van der Waals surface area (Å²) in [6.07, 6.45) is 0.588. The second-order valence-electron chi connectivity index (χ2n) is 4.95. The zero-order valence-electron chi connectivity index (χ0n) is 11.8. The number of carboxylic acid groups (broad SMARTS) is 1. The summed E-state index contributed by atoms with van der Waals surface area (Å²) in [6.45, 7) is 6.00. The van der Waals surface area contributed by atoms with E-state index in [1.54, 1.807) is 0 Å². The van der Waals surface area contributed by atoms with Crippen molar-refractivity contribution in [2.45, 2.75) is 33.6 Å². The molecule has 1 aromatic heterocycles. The first-order valence-electron chi connectivity index (χ1n) is 6.43. The lowest BCUT2D eigenvalue weighted by Crippen LogP contribution is -2.01. The van der Waals surface area contributed by atoms with Crippen molar-refractivity contribution in [3.63, 3.8) is 0 Å². The summed E-state index contributed by atoms with van der Waals surface area (Å²) in [6, 6.07) is 6.18. The number of nitrogens with zero attached hydrogens (tertiary/aromatic N) is 2. The topological polar surface area (TPSA) is 55.1 Å². The fourth-order valence-electron chi connectivity index (χ4n) is 2.25. The van der Waals surface area contributed by atoms with E-state index in [0.29, 0.717) is 6.42 Å². The van der Waals surface area contributed by atoms with Crippen LogP contribution in [0.5, 0.6) is 0 Å². The number of aliphatic carboxylic acids is 1. The van der Waals surface area contributed by atoms with Gasteiger partial charge < -0.3 is 5.11 Å². The van der Waals surface area contributed by atoms with E-state index in [1.165, 1.54) is 5.56 Å². The van der Waals surface area contributed by atoms with Crippen molar-refractivity contribution in [2.75, 3.05) is 0 Å². The van der Waals surface area contributed by atoms with Crippen LogP contribution in [0.25, 0.3) is 5.69 Å². The molecule has 0 fully saturated rings. The Balaban J connectivity index is 2.43. The first-order valence-corrected chi connectivity index (χ1v) is 7.23. The van der Waals surface area contributed by atoms with Crippen LogP contribution in [-0.4, -0.2) is 20.9 Å². The molecule has 0 saturated carbocycles. The number of aromatic nitrogens is 2. The summed E-state index contributed by atoms with van der Waals surface area (Å²) in [4.78, 5) is 10.7. The van der Waals surface area contributed by atoms with Gasteiger partial charge in [0, 0.05) is 12.0 Å². The van der Waals surface area contributed by atoms with Crippen LogP contribution < -0.4 is 0 Å². The minimum Gasteiger partial charge on any atom is -0.481 e. The molecule has 1 heterocycles. The average molecular weight is 337 g/mol. The van der Waals surface area contributed by atoms with E-state index in [4.69, 9.17) is 5.11 Å². The maximum Gasteiger partial charge on any atom is 0.303 e. The van der Waals surface area contributed by atoms with Crippen molar-refractivity contribution in [3.05, 3.63) is 45.2 Å². The van der Waals surface area contributed by atoms with Crippen LogP contribution in [-0.2, 0) is 11.2 Å². The highest BCUT2D eigenvalue weighted by Crippen LogP contribution is 2.27. The number of hydrogen-bond acceptors (Lipinski definition) is 2. The summed E-state index contributed by atoms with van der Waals surface area (Å²) in [5, 5.41) is 13.3. The number of benzene rings is 1. The van der Waals surface area contributed by atoms with Crippen molar-refractivity contribution >= 4 is 21.9 Å². The van der Waals surface area contributed by atoms with Gasteiger partial charge in [-0.1, -0.05) is 17.7 Å². The van der Waals surface area contributed by atoms with E-state index in [-0.39, 0.29) is 6.42 Å². The van der Waals surface area contributed by atoms with Crippen LogP contribution in [0.3, 0.4) is 0 Å². The summed E-state index contributed by atoms with van der Waals surface area (Å²) in [7, 11) is 0. The lowest BCUT2D eigenvalue weighted by molar-refractivity contribution is -0.136. The lowest BCUT2D eigenvalue weighted by Gasteiger charge is -2.08. The zero-order valence-corrected chi connectivity index (χ0v) is 13.4. The molecule has 1 N–H and O–H groups in total. The van der Waals surface area contributed by atoms with E-state index in [0.717, 1.165) is 27.1 Å². The molecule has 0 unspecified atom stereocenters. The fourth-order valence-corrected chi connectivity index (χ4v) is 3.01. The summed E-state index contributed by atoms with van der Waals surface area (Å²) < 4.78 is 2.67. The van der Waals surface area contributed by atoms with E-state index in [9.17, 15) is 4.79 Å². The minimum absolute atomic E-state index is 0.109. The van der Waals surface area contributed by atoms with Crippen molar-refractivity contribution in [3.8, 4) is 5.69 Å². The van der Waals surface area contributed by atoms with Gasteiger partial charge in [0.15, 0.2) is 0 Å². The third kappa shape index (κ3) is 2.93. The van der Waals surface area contributed by atoms with Crippen LogP contribution in [0, 0.1) is 20.8 Å². The van der Waals surface area contributed by atoms with Gasteiger partial charge in [0.1, 0.15) is 4.60 Å². The Hall–Kier alpha value is -1.62. The molecular formula is C15H17BrN2O2. The monoisotopic (exact) mass is 336 g/mol. The van der Waals surface area contributed by atoms with Gasteiger partial charge in [0.2, 0.25) is 0 Å². The lowest BCUT2D eigenvalue weighted by atomic mass is 10.1. The first kappa shape index (κ1) is 14.8. The summed E-state index contributed by atoms with van der Waals surface area (Å²) >= 11 is 3.55. The molecule has 2 rings (SSSR count). The van der Waals surface area contributed by atoms with Crippen LogP contribution in [0.2, 0.25) is 0 Å². The van der Waals surface area contributed by atoms with Gasteiger partial charge in [-0.05, 0) is 54.8 Å². The Morgan fingerprint density at radius 2 is 2.05 bits per heavy atom. The van der Waals surface area contributed by atoms with Crippen LogP contribution >= 0.6 is 15.9 Å². The van der Waals surface area contributed by atoms with Gasteiger partial charge in [-0.25, -0.2) is 4.68 Å². The molecule has 1 aromatic carbocycles. The van der Waals surface area contributed by atoms with E-state index < -0.39 is 5.97 Å². The number of aryl methyl sites for hydroxylation is 3. The molecule has 106 valence electrons. The van der Waals surface area contributed by atoms with Gasteiger partial charge in [-0.3, -0.25) is 4.79 Å². The molecule has 0 bridgehead atoms. The molecule has 4 nitrogen and oxygen atoms in total. The van der Waals surface area contributed by atoms with Gasteiger partial charge >= 0.3 is 5.97 Å². The Bertz CT molecular complexity index is 662. The molecule has 2 aromatic rings.